The van der Waals surface area contributed by atoms with Crippen molar-refractivity contribution in [2.24, 2.45) is 11.7 Å². The smallest absolute Gasteiger partial charge is 0.258 e. The molecule has 1 unspecified atom stereocenters. The maximum absolute atomic E-state index is 12.1. The van der Waals surface area contributed by atoms with Crippen LogP contribution in [-0.2, 0) is 17.8 Å². The third-order valence-corrected chi connectivity index (χ3v) is 6.18. The highest BCUT2D eigenvalue weighted by molar-refractivity contribution is 5.80. The summed E-state index contributed by atoms with van der Waals surface area (Å²) < 4.78 is 11.2. The summed E-state index contributed by atoms with van der Waals surface area (Å²) in [5.41, 5.74) is 9.69. The van der Waals surface area contributed by atoms with Gasteiger partial charge in [0.25, 0.3) is 5.89 Å². The molecule has 0 radical (unpaired) electrons. The van der Waals surface area contributed by atoms with Gasteiger partial charge in [0.1, 0.15) is 11.8 Å². The van der Waals surface area contributed by atoms with Gasteiger partial charge < -0.3 is 20.1 Å². The number of benzene rings is 2. The Balaban J connectivity index is 1.61. The summed E-state index contributed by atoms with van der Waals surface area (Å²) >= 11 is 0. The molecule has 3 N–H and O–H groups in total. The summed E-state index contributed by atoms with van der Waals surface area (Å²) in [6.07, 6.45) is 0.630. The van der Waals surface area contributed by atoms with Gasteiger partial charge in [-0.3, -0.25) is 9.69 Å². The molecule has 0 saturated carbocycles. The van der Waals surface area contributed by atoms with Gasteiger partial charge in [0, 0.05) is 36.7 Å². The number of primary amides is 1. The Morgan fingerprint density at radius 2 is 2.11 bits per heavy atom. The van der Waals surface area contributed by atoms with E-state index in [1.54, 1.807) is 18.2 Å². The summed E-state index contributed by atoms with van der Waals surface area (Å²) in [5.74, 6) is 0.593. The minimum atomic E-state index is -0.537. The van der Waals surface area contributed by atoms with Crippen LogP contribution in [0.15, 0.2) is 40.9 Å². The molecule has 0 spiro atoms. The number of aliphatic hydroxyl groups is 1. The fourth-order valence-electron chi connectivity index (χ4n) is 4.56. The van der Waals surface area contributed by atoms with E-state index in [1.165, 1.54) is 0 Å². The first-order valence-corrected chi connectivity index (χ1v) is 11.6. The summed E-state index contributed by atoms with van der Waals surface area (Å²) in [7, 11) is 0. The van der Waals surface area contributed by atoms with Crippen molar-refractivity contribution >= 4 is 5.91 Å². The molecule has 1 aromatic heterocycles. The van der Waals surface area contributed by atoms with Crippen molar-refractivity contribution in [2.45, 2.75) is 45.9 Å². The highest BCUT2D eigenvalue weighted by Crippen LogP contribution is 2.32. The van der Waals surface area contributed by atoms with Gasteiger partial charge in [-0.2, -0.15) is 10.2 Å². The van der Waals surface area contributed by atoms with Crippen LogP contribution in [-0.4, -0.2) is 51.4 Å². The molecule has 0 fully saturated rings. The highest BCUT2D eigenvalue weighted by atomic mass is 16.5. The molecule has 9 heteroatoms. The van der Waals surface area contributed by atoms with Crippen LogP contribution in [0, 0.1) is 17.2 Å². The number of hydrogen-bond donors (Lipinski definition) is 2. The van der Waals surface area contributed by atoms with Crippen molar-refractivity contribution in [3.05, 3.63) is 53.1 Å². The average Bonchev–Trinajstić information content (AvgIpc) is 3.33. The number of hydrogen-bond acceptors (Lipinski definition) is 8. The molecule has 0 bridgehead atoms. The lowest BCUT2D eigenvalue weighted by Crippen LogP contribution is -2.51. The minimum Gasteiger partial charge on any atom is -0.490 e. The number of nitriles is 1. The van der Waals surface area contributed by atoms with Crippen molar-refractivity contribution in [3.8, 4) is 34.7 Å². The van der Waals surface area contributed by atoms with Crippen LogP contribution in [0.3, 0.4) is 0 Å². The maximum atomic E-state index is 12.1. The Hall–Kier alpha value is -3.74. The lowest BCUT2D eigenvalue weighted by atomic mass is 9.91. The molecule has 2 heterocycles. The van der Waals surface area contributed by atoms with E-state index in [4.69, 9.17) is 15.0 Å². The van der Waals surface area contributed by atoms with E-state index < -0.39 is 11.9 Å². The molecule has 9 nitrogen and oxygen atoms in total. The first-order chi connectivity index (χ1) is 16.8. The largest absolute Gasteiger partial charge is 0.490 e. The third kappa shape index (κ3) is 5.04. The summed E-state index contributed by atoms with van der Waals surface area (Å²) in [5, 5.41) is 23.3. The van der Waals surface area contributed by atoms with Crippen molar-refractivity contribution in [1.82, 2.24) is 15.0 Å². The van der Waals surface area contributed by atoms with Crippen LogP contribution in [0.2, 0.25) is 0 Å². The first-order valence-electron chi connectivity index (χ1n) is 11.6. The van der Waals surface area contributed by atoms with Crippen molar-refractivity contribution < 1.29 is 19.2 Å². The van der Waals surface area contributed by atoms with Crippen LogP contribution in [0.1, 0.15) is 37.5 Å². The number of carbonyl (C=O) groups excluding carboxylic acids is 1. The molecule has 2 atom stereocenters. The van der Waals surface area contributed by atoms with Gasteiger partial charge in [-0.15, -0.1) is 0 Å². The van der Waals surface area contributed by atoms with Crippen LogP contribution in [0.5, 0.6) is 5.75 Å². The van der Waals surface area contributed by atoms with Crippen molar-refractivity contribution in [1.29, 1.82) is 5.26 Å². The summed E-state index contributed by atoms with van der Waals surface area (Å²) in [6, 6.07) is 12.7. The molecule has 182 valence electrons. The van der Waals surface area contributed by atoms with E-state index in [-0.39, 0.29) is 18.6 Å². The second-order valence-electron chi connectivity index (χ2n) is 9.08. The van der Waals surface area contributed by atoms with E-state index >= 15 is 0 Å². The highest BCUT2D eigenvalue weighted by Gasteiger charge is 2.32. The van der Waals surface area contributed by atoms with Gasteiger partial charge in [-0.05, 0) is 49.6 Å². The quantitative estimate of drug-likeness (QED) is 0.507. The number of ether oxygens (including phenoxy) is 1. The van der Waals surface area contributed by atoms with Gasteiger partial charge in [-0.25, -0.2) is 0 Å². The maximum Gasteiger partial charge on any atom is 0.258 e. The zero-order valence-electron chi connectivity index (χ0n) is 20.1. The summed E-state index contributed by atoms with van der Waals surface area (Å²) in [4.78, 5) is 18.7. The van der Waals surface area contributed by atoms with E-state index in [9.17, 15) is 15.2 Å². The standard InChI is InChI=1S/C26H29N5O4/c1-15(2)34-22-8-7-17(11-19(22)12-27)26-29-25(30-35-26)21-6-4-5-18-13-31(10-9-20(18)21)23(24(28)33)16(3)14-32/h4-8,11,15-16,23,32H,9-10,13-14H2,1-3H3,(H2,28,33)/t16-,23?/m1/s1. The van der Waals surface area contributed by atoms with Crippen LogP contribution >= 0.6 is 0 Å². The predicted molar refractivity (Wildman–Crippen MR) is 129 cm³/mol. The average molecular weight is 476 g/mol. The van der Waals surface area contributed by atoms with Gasteiger partial charge in [0.05, 0.1) is 17.7 Å². The number of fused-ring (bicyclic) bond motifs is 1. The lowest BCUT2D eigenvalue weighted by Gasteiger charge is -2.36. The lowest BCUT2D eigenvalue weighted by molar-refractivity contribution is -0.126. The molecular formula is C26H29N5O4. The molecule has 2 aromatic carbocycles. The molecule has 0 aliphatic carbocycles. The number of rotatable bonds is 8. The van der Waals surface area contributed by atoms with Gasteiger partial charge >= 0.3 is 0 Å². The number of carbonyl (C=O) groups is 1. The van der Waals surface area contributed by atoms with Crippen molar-refractivity contribution in [3.63, 3.8) is 0 Å². The third-order valence-electron chi connectivity index (χ3n) is 6.18. The second kappa shape index (κ2) is 10.3. The zero-order chi connectivity index (χ0) is 25.1. The molecule has 1 aliphatic rings. The Labute approximate surface area is 204 Å². The number of amides is 1. The molecule has 4 rings (SSSR count). The number of nitrogens with two attached hydrogens (primary N) is 1. The van der Waals surface area contributed by atoms with E-state index in [0.29, 0.717) is 48.1 Å². The number of aliphatic hydroxyl groups excluding tert-OH is 1. The van der Waals surface area contributed by atoms with Gasteiger partial charge in [0.2, 0.25) is 11.7 Å². The molecule has 1 aliphatic heterocycles. The van der Waals surface area contributed by atoms with Crippen molar-refractivity contribution in [2.75, 3.05) is 13.2 Å². The first kappa shape index (κ1) is 24.4. The Kier molecular flexibility index (Phi) is 7.15. The monoisotopic (exact) mass is 475 g/mol. The van der Waals surface area contributed by atoms with Crippen LogP contribution in [0.25, 0.3) is 22.8 Å². The predicted octanol–water partition coefficient (Wildman–Crippen LogP) is 2.90. The number of nitrogens with zero attached hydrogens (tertiary/aromatic N) is 4. The molecule has 35 heavy (non-hydrogen) atoms. The number of aromatic nitrogens is 2. The Morgan fingerprint density at radius 3 is 2.80 bits per heavy atom. The Bertz CT molecular complexity index is 1260. The molecule has 1 amide bonds. The van der Waals surface area contributed by atoms with E-state index in [1.807, 2.05) is 43.9 Å². The molecule has 3 aromatic rings. The normalized spacial score (nSPS) is 15.3. The Morgan fingerprint density at radius 1 is 1.31 bits per heavy atom. The van der Waals surface area contributed by atoms with Gasteiger partial charge in [-0.1, -0.05) is 30.3 Å². The van der Waals surface area contributed by atoms with Crippen LogP contribution < -0.4 is 10.5 Å². The SMILES string of the molecule is CC(C)Oc1ccc(-c2nc(-c3cccc4c3CCN(C(C(N)=O)[C@H](C)CO)C4)no2)cc1C#N. The fourth-order valence-corrected chi connectivity index (χ4v) is 4.56. The molecular weight excluding hydrogens is 446 g/mol. The van der Waals surface area contributed by atoms with E-state index in [2.05, 4.69) is 16.2 Å². The van der Waals surface area contributed by atoms with Gasteiger partial charge in [0.15, 0.2) is 0 Å². The second-order valence-corrected chi connectivity index (χ2v) is 9.08. The minimum absolute atomic E-state index is 0.0479. The zero-order valence-corrected chi connectivity index (χ0v) is 20.1. The topological polar surface area (TPSA) is 138 Å². The van der Waals surface area contributed by atoms with E-state index in [0.717, 1.165) is 16.7 Å². The summed E-state index contributed by atoms with van der Waals surface area (Å²) in [6.45, 7) is 6.67. The molecule has 0 saturated heterocycles. The fraction of sp³-hybridized carbons (Fsp3) is 0.385. The van der Waals surface area contributed by atoms with Crippen LogP contribution in [0.4, 0.5) is 0 Å².